The summed E-state index contributed by atoms with van der Waals surface area (Å²) >= 11 is 0. The van der Waals surface area contributed by atoms with Crippen LogP contribution in [0.15, 0.2) is 84.9 Å². The first-order chi connectivity index (χ1) is 22.1. The molecule has 4 aromatic carbocycles. The number of hydrogen-bond acceptors (Lipinski definition) is 1. The molecule has 0 amide bonds. The summed E-state index contributed by atoms with van der Waals surface area (Å²) in [5.74, 6) is -1.81. The molecule has 0 aliphatic rings. The van der Waals surface area contributed by atoms with Crippen molar-refractivity contribution in [3.05, 3.63) is 102 Å². The third-order valence-corrected chi connectivity index (χ3v) is 8.82. The normalized spacial score (nSPS) is 11.2. The van der Waals surface area contributed by atoms with Crippen molar-refractivity contribution in [1.29, 1.82) is 0 Å². The molecule has 45 heavy (non-hydrogen) atoms. The topological polar surface area (TPSA) is 9.23 Å². The van der Waals surface area contributed by atoms with Crippen LogP contribution in [0, 0.1) is 11.6 Å². The summed E-state index contributed by atoms with van der Waals surface area (Å²) in [5.41, 5.74) is 6.81. The van der Waals surface area contributed by atoms with Gasteiger partial charge in [-0.1, -0.05) is 164 Å². The van der Waals surface area contributed by atoms with Gasteiger partial charge < -0.3 is 4.74 Å². The van der Waals surface area contributed by atoms with Crippen molar-refractivity contribution in [2.75, 3.05) is 6.61 Å². The average Bonchev–Trinajstić information content (AvgIpc) is 3.08. The molecule has 0 aromatic heterocycles. The molecule has 3 heteroatoms. The SMILES string of the molecule is CCCCCCCCCCCCc1ccc(-c2ccc(-c3ccc(-c4ccc(OCCCCCC)c(F)c4F)cc3)cc2)cc1. The van der Waals surface area contributed by atoms with Crippen molar-refractivity contribution in [3.8, 4) is 39.1 Å². The molecule has 0 saturated carbocycles. The molecule has 1 nitrogen and oxygen atoms in total. The number of benzene rings is 4. The zero-order valence-corrected chi connectivity index (χ0v) is 27.6. The second-order valence-corrected chi connectivity index (χ2v) is 12.4. The third kappa shape index (κ3) is 10.8. The minimum atomic E-state index is -0.922. The largest absolute Gasteiger partial charge is 0.490 e. The summed E-state index contributed by atoms with van der Waals surface area (Å²) < 4.78 is 35.2. The molecule has 0 fully saturated rings. The summed E-state index contributed by atoms with van der Waals surface area (Å²) in [6.45, 7) is 4.81. The van der Waals surface area contributed by atoms with E-state index in [4.69, 9.17) is 4.74 Å². The molecule has 0 heterocycles. The Labute approximate surface area is 271 Å². The highest BCUT2D eigenvalue weighted by Gasteiger charge is 2.16. The summed E-state index contributed by atoms with van der Waals surface area (Å²) in [5, 5.41) is 0. The zero-order valence-electron chi connectivity index (χ0n) is 27.6. The predicted molar refractivity (Wildman–Crippen MR) is 188 cm³/mol. The lowest BCUT2D eigenvalue weighted by atomic mass is 9.97. The van der Waals surface area contributed by atoms with Gasteiger partial charge in [0.1, 0.15) is 0 Å². The summed E-state index contributed by atoms with van der Waals surface area (Å²) in [7, 11) is 0. The van der Waals surface area contributed by atoms with Gasteiger partial charge >= 0.3 is 0 Å². The van der Waals surface area contributed by atoms with Gasteiger partial charge in [-0.25, -0.2) is 4.39 Å². The molecule has 0 N–H and O–H groups in total. The fourth-order valence-corrected chi connectivity index (χ4v) is 5.95. The Hall–Kier alpha value is -3.46. The standard InChI is InChI=1S/C42H52F2O/c1-3-5-7-9-10-11-12-13-14-15-17-33-18-20-34(21-19-33)35-22-24-36(25-23-35)37-26-28-38(29-27-37)39-30-31-40(42(44)41(39)43)45-32-16-8-6-4-2/h18-31H,3-17,32H2,1-2H3. The summed E-state index contributed by atoms with van der Waals surface area (Å²) in [6.07, 6.45) is 18.9. The Morgan fingerprint density at radius 3 is 1.36 bits per heavy atom. The molecule has 0 aliphatic carbocycles. The first-order valence-corrected chi connectivity index (χ1v) is 17.5. The second kappa shape index (κ2) is 19.1. The lowest BCUT2D eigenvalue weighted by Crippen LogP contribution is -2.01. The molecular weight excluding hydrogens is 558 g/mol. The van der Waals surface area contributed by atoms with Gasteiger partial charge in [-0.15, -0.1) is 0 Å². The smallest absolute Gasteiger partial charge is 0.201 e. The second-order valence-electron chi connectivity index (χ2n) is 12.4. The van der Waals surface area contributed by atoms with E-state index in [1.54, 1.807) is 6.07 Å². The van der Waals surface area contributed by atoms with E-state index in [1.165, 1.54) is 87.0 Å². The van der Waals surface area contributed by atoms with Crippen molar-refractivity contribution in [1.82, 2.24) is 0 Å². The van der Waals surface area contributed by atoms with Gasteiger partial charge in [0.05, 0.1) is 6.61 Å². The van der Waals surface area contributed by atoms with Gasteiger partial charge in [0.25, 0.3) is 0 Å². The summed E-state index contributed by atoms with van der Waals surface area (Å²) in [6, 6.07) is 28.3. The quantitative estimate of drug-likeness (QED) is 0.0905. The van der Waals surface area contributed by atoms with Crippen molar-refractivity contribution in [2.45, 2.75) is 110 Å². The maximum absolute atomic E-state index is 14.9. The van der Waals surface area contributed by atoms with Crippen molar-refractivity contribution < 1.29 is 13.5 Å². The van der Waals surface area contributed by atoms with Gasteiger partial charge in [-0.2, -0.15) is 4.39 Å². The zero-order chi connectivity index (χ0) is 31.7. The van der Waals surface area contributed by atoms with E-state index in [-0.39, 0.29) is 11.3 Å². The first-order valence-electron chi connectivity index (χ1n) is 17.5. The van der Waals surface area contributed by atoms with Crippen molar-refractivity contribution >= 4 is 0 Å². The van der Waals surface area contributed by atoms with E-state index in [0.717, 1.165) is 43.2 Å². The average molecular weight is 611 g/mol. The lowest BCUT2D eigenvalue weighted by molar-refractivity contribution is 0.285. The van der Waals surface area contributed by atoms with Crippen LogP contribution < -0.4 is 4.74 Å². The molecule has 0 radical (unpaired) electrons. The Morgan fingerprint density at radius 2 is 0.844 bits per heavy atom. The number of rotatable bonds is 20. The highest BCUT2D eigenvalue weighted by molar-refractivity contribution is 5.73. The Balaban J connectivity index is 1.25. The molecule has 0 saturated heterocycles. The minimum Gasteiger partial charge on any atom is -0.490 e. The Morgan fingerprint density at radius 1 is 0.422 bits per heavy atom. The molecule has 4 aromatic rings. The van der Waals surface area contributed by atoms with Gasteiger partial charge in [0.15, 0.2) is 11.6 Å². The molecule has 4 rings (SSSR count). The van der Waals surface area contributed by atoms with Crippen LogP contribution in [0.3, 0.4) is 0 Å². The molecular formula is C42H52F2O. The monoisotopic (exact) mass is 610 g/mol. The van der Waals surface area contributed by atoms with E-state index in [1.807, 2.05) is 24.3 Å². The molecule has 0 bridgehead atoms. The van der Waals surface area contributed by atoms with Crippen LogP contribution in [0.5, 0.6) is 5.75 Å². The van der Waals surface area contributed by atoms with Gasteiger partial charge in [-0.3, -0.25) is 0 Å². The van der Waals surface area contributed by atoms with Crippen LogP contribution in [-0.2, 0) is 6.42 Å². The van der Waals surface area contributed by atoms with E-state index in [0.29, 0.717) is 12.2 Å². The summed E-state index contributed by atoms with van der Waals surface area (Å²) in [4.78, 5) is 0. The molecule has 0 aliphatic heterocycles. The van der Waals surface area contributed by atoms with Gasteiger partial charge in [0.2, 0.25) is 5.82 Å². The van der Waals surface area contributed by atoms with Crippen molar-refractivity contribution in [3.63, 3.8) is 0 Å². The van der Waals surface area contributed by atoms with E-state index < -0.39 is 11.6 Å². The highest BCUT2D eigenvalue weighted by Crippen LogP contribution is 2.32. The number of ether oxygens (including phenoxy) is 1. The number of unbranched alkanes of at least 4 members (excludes halogenated alkanes) is 12. The maximum atomic E-state index is 14.9. The lowest BCUT2D eigenvalue weighted by Gasteiger charge is -2.11. The fourth-order valence-electron chi connectivity index (χ4n) is 5.95. The van der Waals surface area contributed by atoms with Gasteiger partial charge in [0, 0.05) is 5.56 Å². The van der Waals surface area contributed by atoms with Crippen LogP contribution in [0.1, 0.15) is 109 Å². The van der Waals surface area contributed by atoms with Crippen LogP contribution in [0.25, 0.3) is 33.4 Å². The highest BCUT2D eigenvalue weighted by atomic mass is 19.2. The Kier molecular flexibility index (Phi) is 14.6. The van der Waals surface area contributed by atoms with E-state index in [2.05, 4.69) is 62.4 Å². The molecule has 0 atom stereocenters. The van der Waals surface area contributed by atoms with Crippen LogP contribution in [-0.4, -0.2) is 6.61 Å². The van der Waals surface area contributed by atoms with E-state index in [9.17, 15) is 8.78 Å². The van der Waals surface area contributed by atoms with Gasteiger partial charge in [-0.05, 0) is 64.8 Å². The molecule has 0 spiro atoms. The predicted octanol–water partition coefficient (Wildman–Crippen LogP) is 13.4. The van der Waals surface area contributed by atoms with Crippen LogP contribution in [0.4, 0.5) is 8.78 Å². The van der Waals surface area contributed by atoms with E-state index >= 15 is 0 Å². The minimum absolute atomic E-state index is 0.0202. The Bertz CT molecular complexity index is 1390. The first kappa shape index (κ1) is 34.4. The number of aryl methyl sites for hydroxylation is 1. The maximum Gasteiger partial charge on any atom is 0.201 e. The fraction of sp³-hybridized carbons (Fsp3) is 0.429. The number of hydrogen-bond donors (Lipinski definition) is 0. The van der Waals surface area contributed by atoms with Crippen LogP contribution in [0.2, 0.25) is 0 Å². The molecule has 240 valence electrons. The third-order valence-electron chi connectivity index (χ3n) is 8.82. The molecule has 0 unspecified atom stereocenters. The number of halogens is 2. The van der Waals surface area contributed by atoms with Crippen molar-refractivity contribution in [2.24, 2.45) is 0 Å². The van der Waals surface area contributed by atoms with Crippen LogP contribution >= 0.6 is 0 Å².